The largest absolute Gasteiger partial charge is 0.465 e. The number of quaternary nitrogens is 1. The molecular formula is C8H16N2O. The minimum atomic E-state index is 0.798. The average molecular weight is 156 g/mol. The molecular weight excluding hydrogens is 140 g/mol. The Morgan fingerprint density at radius 2 is 1.91 bits per heavy atom. The van der Waals surface area contributed by atoms with Crippen molar-refractivity contribution < 1.29 is 9.64 Å². The summed E-state index contributed by atoms with van der Waals surface area (Å²) in [6.07, 6.45) is 0. The van der Waals surface area contributed by atoms with Crippen LogP contribution in [0.1, 0.15) is 0 Å². The third kappa shape index (κ3) is 1.55. The van der Waals surface area contributed by atoms with Crippen LogP contribution in [0, 0.1) is 7.05 Å². The smallest absolute Gasteiger partial charge is 0.104 e. The van der Waals surface area contributed by atoms with Gasteiger partial charge in [0.15, 0.2) is 0 Å². The summed E-state index contributed by atoms with van der Waals surface area (Å²) >= 11 is 0. The molecule has 1 N–H and O–H groups in total. The van der Waals surface area contributed by atoms with Gasteiger partial charge in [0.1, 0.15) is 6.04 Å². The number of likely N-dealkylation sites (tertiary alicyclic amines) is 1. The van der Waals surface area contributed by atoms with Crippen molar-refractivity contribution in [1.82, 2.24) is 4.90 Å². The number of ether oxygens (including phenoxy) is 1. The first-order valence-electron chi connectivity index (χ1n) is 4.35. The van der Waals surface area contributed by atoms with Crippen molar-refractivity contribution in [2.45, 2.75) is 6.04 Å². The molecule has 3 heteroatoms. The Morgan fingerprint density at radius 3 is 2.45 bits per heavy atom. The van der Waals surface area contributed by atoms with Gasteiger partial charge in [0.05, 0.1) is 26.3 Å². The summed E-state index contributed by atoms with van der Waals surface area (Å²) in [4.78, 5) is 3.94. The Bertz CT molecular complexity index is 128. The van der Waals surface area contributed by atoms with Gasteiger partial charge in [0.25, 0.3) is 0 Å². The second kappa shape index (κ2) is 3.09. The Balaban J connectivity index is 1.76. The first-order chi connectivity index (χ1) is 5.36. The highest BCUT2D eigenvalue weighted by molar-refractivity contribution is 4.76. The number of morpholine rings is 1. The average Bonchev–Trinajstić information content (AvgIpc) is 2.01. The van der Waals surface area contributed by atoms with Gasteiger partial charge in [-0.3, -0.25) is 4.90 Å². The number of hydrogen-bond acceptors (Lipinski definition) is 2. The number of rotatable bonds is 1. The highest BCUT2D eigenvalue weighted by atomic mass is 16.5. The highest BCUT2D eigenvalue weighted by Gasteiger charge is 2.31. The molecule has 2 heterocycles. The van der Waals surface area contributed by atoms with Crippen LogP contribution in [0.3, 0.4) is 0 Å². The van der Waals surface area contributed by atoms with Gasteiger partial charge in [0, 0.05) is 13.1 Å². The molecule has 64 valence electrons. The number of hydrogen-bond donors (Lipinski definition) is 1. The van der Waals surface area contributed by atoms with Crippen molar-refractivity contribution in [2.24, 2.45) is 0 Å². The van der Waals surface area contributed by atoms with Crippen molar-refractivity contribution in [2.75, 3.05) is 39.4 Å². The molecule has 2 aliphatic rings. The van der Waals surface area contributed by atoms with E-state index in [9.17, 15) is 0 Å². The SMILES string of the molecule is [CH2-][NH+]1CC(N2CCOCC2)C1. The quantitative estimate of drug-likeness (QED) is 0.459. The predicted molar refractivity (Wildman–Crippen MR) is 42.2 cm³/mol. The van der Waals surface area contributed by atoms with E-state index in [4.69, 9.17) is 4.74 Å². The zero-order chi connectivity index (χ0) is 7.68. The molecule has 0 radical (unpaired) electrons. The van der Waals surface area contributed by atoms with Gasteiger partial charge in [-0.2, -0.15) is 7.05 Å². The maximum absolute atomic E-state index is 5.28. The summed E-state index contributed by atoms with van der Waals surface area (Å²) in [5.41, 5.74) is 0. The van der Waals surface area contributed by atoms with Crippen LogP contribution < -0.4 is 4.90 Å². The van der Waals surface area contributed by atoms with Gasteiger partial charge in [-0.15, -0.1) is 0 Å². The lowest BCUT2D eigenvalue weighted by Gasteiger charge is -2.45. The molecule has 0 bridgehead atoms. The third-order valence-corrected chi connectivity index (χ3v) is 2.61. The van der Waals surface area contributed by atoms with Crippen LogP contribution in [-0.2, 0) is 4.74 Å². The summed E-state index contributed by atoms with van der Waals surface area (Å²) in [5, 5.41) is 0. The molecule has 2 fully saturated rings. The minimum Gasteiger partial charge on any atom is -0.465 e. The van der Waals surface area contributed by atoms with Crippen LogP contribution in [0.15, 0.2) is 0 Å². The summed E-state index contributed by atoms with van der Waals surface area (Å²) < 4.78 is 5.28. The third-order valence-electron chi connectivity index (χ3n) is 2.61. The van der Waals surface area contributed by atoms with Gasteiger partial charge in [-0.25, -0.2) is 0 Å². The molecule has 0 saturated carbocycles. The molecule has 0 spiro atoms. The van der Waals surface area contributed by atoms with E-state index in [-0.39, 0.29) is 0 Å². The summed E-state index contributed by atoms with van der Waals surface area (Å²) in [5.74, 6) is 0. The van der Waals surface area contributed by atoms with Crippen LogP contribution in [0.25, 0.3) is 0 Å². The molecule has 0 amide bonds. The lowest BCUT2D eigenvalue weighted by Crippen LogP contribution is -3.18. The standard InChI is InChI=1S/C8H16N2O/c1-9-6-8(7-9)10-2-4-11-5-3-10/h8-9H,1-7H2. The predicted octanol–water partition coefficient (Wildman–Crippen LogP) is -1.62. The normalized spacial score (nSPS) is 40.1. The molecule has 0 aliphatic carbocycles. The van der Waals surface area contributed by atoms with E-state index in [1.807, 2.05) is 0 Å². The van der Waals surface area contributed by atoms with E-state index in [0.29, 0.717) is 0 Å². The first-order valence-corrected chi connectivity index (χ1v) is 4.35. The molecule has 2 rings (SSSR count). The van der Waals surface area contributed by atoms with E-state index >= 15 is 0 Å². The maximum atomic E-state index is 5.28. The molecule has 2 aliphatic heterocycles. The Labute approximate surface area is 67.9 Å². The molecule has 0 unspecified atom stereocenters. The van der Waals surface area contributed by atoms with E-state index in [1.54, 1.807) is 0 Å². The molecule has 0 aromatic rings. The van der Waals surface area contributed by atoms with Crippen molar-refractivity contribution in [3.63, 3.8) is 0 Å². The molecule has 0 aromatic carbocycles. The van der Waals surface area contributed by atoms with E-state index in [0.717, 1.165) is 32.3 Å². The van der Waals surface area contributed by atoms with Gasteiger partial charge >= 0.3 is 0 Å². The van der Waals surface area contributed by atoms with E-state index < -0.39 is 0 Å². The summed E-state index contributed by atoms with van der Waals surface area (Å²) in [7, 11) is 3.95. The van der Waals surface area contributed by atoms with Crippen molar-refractivity contribution in [3.05, 3.63) is 7.05 Å². The second-order valence-corrected chi connectivity index (χ2v) is 3.46. The molecule has 3 nitrogen and oxygen atoms in total. The minimum absolute atomic E-state index is 0.798. The topological polar surface area (TPSA) is 16.9 Å². The van der Waals surface area contributed by atoms with Crippen LogP contribution in [0.2, 0.25) is 0 Å². The van der Waals surface area contributed by atoms with Gasteiger partial charge in [-0.1, -0.05) is 0 Å². The summed E-state index contributed by atoms with van der Waals surface area (Å²) in [6, 6.07) is 0.798. The molecule has 11 heavy (non-hydrogen) atoms. The fourth-order valence-corrected chi connectivity index (χ4v) is 1.81. The Morgan fingerprint density at radius 1 is 1.27 bits per heavy atom. The Hall–Kier alpha value is -0.120. The molecule has 0 aromatic heterocycles. The van der Waals surface area contributed by atoms with Crippen LogP contribution in [-0.4, -0.2) is 50.3 Å². The summed E-state index contributed by atoms with van der Waals surface area (Å²) in [6.45, 7) is 6.53. The van der Waals surface area contributed by atoms with Gasteiger partial charge < -0.3 is 9.64 Å². The first kappa shape index (κ1) is 7.53. The van der Waals surface area contributed by atoms with Gasteiger partial charge in [0.2, 0.25) is 0 Å². The van der Waals surface area contributed by atoms with Crippen LogP contribution >= 0.6 is 0 Å². The van der Waals surface area contributed by atoms with Crippen molar-refractivity contribution in [3.8, 4) is 0 Å². The number of nitrogens with one attached hydrogen (secondary N) is 1. The van der Waals surface area contributed by atoms with Gasteiger partial charge in [-0.05, 0) is 0 Å². The molecule has 2 saturated heterocycles. The lowest BCUT2D eigenvalue weighted by molar-refractivity contribution is -0.902. The Kier molecular flexibility index (Phi) is 2.11. The fraction of sp³-hybridized carbons (Fsp3) is 0.875. The number of nitrogens with zero attached hydrogens (tertiary/aromatic N) is 1. The lowest BCUT2D eigenvalue weighted by atomic mass is 10.1. The molecule has 0 atom stereocenters. The van der Waals surface area contributed by atoms with Crippen molar-refractivity contribution in [1.29, 1.82) is 0 Å². The monoisotopic (exact) mass is 156 g/mol. The fourth-order valence-electron chi connectivity index (χ4n) is 1.81. The van der Waals surface area contributed by atoms with Crippen LogP contribution in [0.4, 0.5) is 0 Å². The van der Waals surface area contributed by atoms with Crippen LogP contribution in [0.5, 0.6) is 0 Å². The maximum Gasteiger partial charge on any atom is 0.104 e. The van der Waals surface area contributed by atoms with Crippen molar-refractivity contribution >= 4 is 0 Å². The zero-order valence-electron chi connectivity index (χ0n) is 6.88. The highest BCUT2D eigenvalue weighted by Crippen LogP contribution is 2.04. The van der Waals surface area contributed by atoms with E-state index in [1.165, 1.54) is 18.0 Å². The second-order valence-electron chi connectivity index (χ2n) is 3.46. The van der Waals surface area contributed by atoms with E-state index in [2.05, 4.69) is 11.9 Å². The zero-order valence-corrected chi connectivity index (χ0v) is 6.88.